The molecule has 5 heteroatoms. The van der Waals surface area contributed by atoms with Gasteiger partial charge in [-0.3, -0.25) is 4.79 Å². The Morgan fingerprint density at radius 3 is 2.55 bits per heavy atom. The summed E-state index contributed by atoms with van der Waals surface area (Å²) >= 11 is 0. The number of hydrogen-bond acceptors (Lipinski definition) is 2. The summed E-state index contributed by atoms with van der Waals surface area (Å²) < 4.78 is 14.7. The monoisotopic (exact) mass is 303 g/mol. The van der Waals surface area contributed by atoms with Crippen LogP contribution in [0.1, 0.15) is 42.7 Å². The lowest BCUT2D eigenvalue weighted by atomic mass is 10.2. The molecule has 0 aliphatic carbocycles. The number of nitrogens with zero attached hydrogens (tertiary/aromatic N) is 3. The Morgan fingerprint density at radius 2 is 1.95 bits per heavy atom. The summed E-state index contributed by atoms with van der Waals surface area (Å²) in [6, 6.07) is 6.08. The van der Waals surface area contributed by atoms with E-state index in [0.717, 1.165) is 30.8 Å². The Morgan fingerprint density at radius 1 is 1.27 bits per heavy atom. The van der Waals surface area contributed by atoms with Gasteiger partial charge in [0.2, 0.25) is 0 Å². The van der Waals surface area contributed by atoms with Crippen molar-refractivity contribution in [3.63, 3.8) is 0 Å². The summed E-state index contributed by atoms with van der Waals surface area (Å²) in [7, 11) is 0. The topological polar surface area (TPSA) is 38.1 Å². The molecule has 1 heterocycles. The Kier molecular flexibility index (Phi) is 5.31. The highest BCUT2D eigenvalue weighted by atomic mass is 19.1. The highest BCUT2D eigenvalue weighted by molar-refractivity contribution is 5.95. The number of carbonyl (C=O) groups is 1. The van der Waals surface area contributed by atoms with Gasteiger partial charge < -0.3 is 4.90 Å². The van der Waals surface area contributed by atoms with E-state index >= 15 is 0 Å². The molecule has 22 heavy (non-hydrogen) atoms. The predicted octanol–water partition coefficient (Wildman–Crippen LogP) is 3.58. The summed E-state index contributed by atoms with van der Waals surface area (Å²) in [5.74, 6) is -0.289. The first-order valence-corrected chi connectivity index (χ1v) is 7.68. The molecule has 0 atom stereocenters. The molecule has 1 aromatic heterocycles. The Labute approximate surface area is 130 Å². The van der Waals surface area contributed by atoms with E-state index in [-0.39, 0.29) is 11.7 Å². The third-order valence-electron chi connectivity index (χ3n) is 3.76. The van der Waals surface area contributed by atoms with Crippen molar-refractivity contribution in [2.45, 2.75) is 33.6 Å². The van der Waals surface area contributed by atoms with Crippen LogP contribution in [0.3, 0.4) is 0 Å². The summed E-state index contributed by atoms with van der Waals surface area (Å²) in [5.41, 5.74) is 2.11. The molecule has 0 spiro atoms. The van der Waals surface area contributed by atoms with Crippen LogP contribution in [-0.2, 0) is 0 Å². The zero-order valence-electron chi connectivity index (χ0n) is 13.3. The van der Waals surface area contributed by atoms with Crippen LogP contribution in [0.2, 0.25) is 0 Å². The highest BCUT2D eigenvalue weighted by Crippen LogP contribution is 2.16. The normalized spacial score (nSPS) is 10.7. The molecule has 0 fully saturated rings. The SMILES string of the molecule is CCCCN(CC)C(=O)c1cnn(-c2ccc(F)cc2)c1C. The molecule has 0 radical (unpaired) electrons. The quantitative estimate of drug-likeness (QED) is 0.818. The molecule has 0 N–H and O–H groups in total. The zero-order valence-corrected chi connectivity index (χ0v) is 13.3. The largest absolute Gasteiger partial charge is 0.339 e. The second-order valence-corrected chi connectivity index (χ2v) is 5.27. The second-order valence-electron chi connectivity index (χ2n) is 5.27. The van der Waals surface area contributed by atoms with Crippen LogP contribution < -0.4 is 0 Å². The molecule has 0 saturated heterocycles. The molecule has 2 aromatic rings. The molecule has 1 amide bonds. The van der Waals surface area contributed by atoms with E-state index in [2.05, 4.69) is 12.0 Å². The lowest BCUT2D eigenvalue weighted by molar-refractivity contribution is 0.0761. The van der Waals surface area contributed by atoms with E-state index < -0.39 is 0 Å². The average Bonchev–Trinajstić information content (AvgIpc) is 2.90. The molecule has 4 nitrogen and oxygen atoms in total. The summed E-state index contributed by atoms with van der Waals surface area (Å²) in [4.78, 5) is 14.4. The van der Waals surface area contributed by atoms with Gasteiger partial charge in [-0.1, -0.05) is 13.3 Å². The van der Waals surface area contributed by atoms with Gasteiger partial charge in [-0.15, -0.1) is 0 Å². The van der Waals surface area contributed by atoms with Gasteiger partial charge >= 0.3 is 0 Å². The van der Waals surface area contributed by atoms with E-state index in [0.29, 0.717) is 12.1 Å². The van der Waals surface area contributed by atoms with Gasteiger partial charge in [-0.25, -0.2) is 9.07 Å². The Bertz CT molecular complexity index is 634. The number of amides is 1. The zero-order chi connectivity index (χ0) is 16.1. The smallest absolute Gasteiger partial charge is 0.257 e. The molecule has 0 saturated carbocycles. The molecule has 1 aromatic carbocycles. The van der Waals surface area contributed by atoms with Gasteiger partial charge in [0.25, 0.3) is 5.91 Å². The van der Waals surface area contributed by atoms with E-state index in [4.69, 9.17) is 0 Å². The first-order valence-electron chi connectivity index (χ1n) is 7.68. The van der Waals surface area contributed by atoms with Crippen LogP contribution >= 0.6 is 0 Å². The fourth-order valence-corrected chi connectivity index (χ4v) is 2.38. The number of aromatic nitrogens is 2. The standard InChI is InChI=1S/C17H22FN3O/c1-4-6-11-20(5-2)17(22)16-12-19-21(13(16)3)15-9-7-14(18)8-10-15/h7-10,12H,4-6,11H2,1-3H3. The first kappa shape index (κ1) is 16.2. The van der Waals surface area contributed by atoms with Gasteiger partial charge in [0.15, 0.2) is 0 Å². The fraction of sp³-hybridized carbons (Fsp3) is 0.412. The maximum Gasteiger partial charge on any atom is 0.257 e. The minimum Gasteiger partial charge on any atom is -0.339 e. The average molecular weight is 303 g/mol. The summed E-state index contributed by atoms with van der Waals surface area (Å²) in [6.45, 7) is 7.38. The van der Waals surface area contributed by atoms with Crippen molar-refractivity contribution in [1.29, 1.82) is 0 Å². The summed E-state index contributed by atoms with van der Waals surface area (Å²) in [6.07, 6.45) is 3.64. The van der Waals surface area contributed by atoms with Crippen molar-refractivity contribution in [3.8, 4) is 5.69 Å². The van der Waals surface area contributed by atoms with E-state index in [1.807, 2.05) is 18.7 Å². The molecular formula is C17H22FN3O. The fourth-order valence-electron chi connectivity index (χ4n) is 2.38. The Hall–Kier alpha value is -2.17. The number of benzene rings is 1. The van der Waals surface area contributed by atoms with Crippen LogP contribution in [0.4, 0.5) is 4.39 Å². The van der Waals surface area contributed by atoms with Crippen molar-refractivity contribution in [1.82, 2.24) is 14.7 Å². The van der Waals surface area contributed by atoms with Gasteiger partial charge in [0, 0.05) is 13.1 Å². The Balaban J connectivity index is 2.26. The number of halogens is 1. The molecular weight excluding hydrogens is 281 g/mol. The number of unbranched alkanes of at least 4 members (excludes halogenated alkanes) is 1. The van der Waals surface area contributed by atoms with Gasteiger partial charge in [0.1, 0.15) is 5.82 Å². The van der Waals surface area contributed by atoms with Crippen molar-refractivity contribution < 1.29 is 9.18 Å². The number of hydrogen-bond donors (Lipinski definition) is 0. The van der Waals surface area contributed by atoms with Crippen LogP contribution in [0, 0.1) is 12.7 Å². The minimum absolute atomic E-state index is 0.00168. The second kappa shape index (κ2) is 7.20. The lowest BCUT2D eigenvalue weighted by Gasteiger charge is -2.20. The molecule has 2 rings (SSSR count). The highest BCUT2D eigenvalue weighted by Gasteiger charge is 2.19. The van der Waals surface area contributed by atoms with Crippen molar-refractivity contribution in [3.05, 3.63) is 47.5 Å². The third kappa shape index (κ3) is 3.35. The number of rotatable bonds is 6. The molecule has 0 bridgehead atoms. The maximum absolute atomic E-state index is 13.0. The predicted molar refractivity (Wildman–Crippen MR) is 84.7 cm³/mol. The summed E-state index contributed by atoms with van der Waals surface area (Å²) in [5, 5.41) is 4.28. The molecule has 0 aliphatic rings. The first-order chi connectivity index (χ1) is 10.6. The van der Waals surface area contributed by atoms with E-state index in [9.17, 15) is 9.18 Å². The maximum atomic E-state index is 13.0. The third-order valence-corrected chi connectivity index (χ3v) is 3.76. The minimum atomic E-state index is -0.290. The van der Waals surface area contributed by atoms with E-state index in [1.165, 1.54) is 12.1 Å². The number of carbonyl (C=O) groups excluding carboxylic acids is 1. The lowest BCUT2D eigenvalue weighted by Crippen LogP contribution is -2.32. The van der Waals surface area contributed by atoms with E-state index in [1.54, 1.807) is 23.0 Å². The molecule has 0 aliphatic heterocycles. The van der Waals surface area contributed by atoms with Crippen LogP contribution in [0.15, 0.2) is 30.5 Å². The van der Waals surface area contributed by atoms with Crippen molar-refractivity contribution >= 4 is 5.91 Å². The van der Waals surface area contributed by atoms with Gasteiger partial charge in [-0.05, 0) is 44.5 Å². The molecule has 0 unspecified atom stereocenters. The van der Waals surface area contributed by atoms with Crippen molar-refractivity contribution in [2.75, 3.05) is 13.1 Å². The van der Waals surface area contributed by atoms with Crippen LogP contribution in [0.25, 0.3) is 5.69 Å². The van der Waals surface area contributed by atoms with Crippen LogP contribution in [-0.4, -0.2) is 33.7 Å². The molecule has 118 valence electrons. The van der Waals surface area contributed by atoms with Gasteiger partial charge in [-0.2, -0.15) is 5.10 Å². The van der Waals surface area contributed by atoms with Crippen molar-refractivity contribution in [2.24, 2.45) is 0 Å². The van der Waals surface area contributed by atoms with Crippen LogP contribution in [0.5, 0.6) is 0 Å². The van der Waals surface area contributed by atoms with Gasteiger partial charge in [0.05, 0.1) is 23.1 Å².